The van der Waals surface area contributed by atoms with Gasteiger partial charge in [-0.3, -0.25) is 4.90 Å². The van der Waals surface area contributed by atoms with E-state index in [2.05, 4.69) is 48.0 Å². The first-order valence-corrected chi connectivity index (χ1v) is 8.86. The molecule has 0 aliphatic carbocycles. The summed E-state index contributed by atoms with van der Waals surface area (Å²) in [5.74, 6) is 0. The lowest BCUT2D eigenvalue weighted by Crippen LogP contribution is -2.51. The highest BCUT2D eigenvalue weighted by Crippen LogP contribution is 2.18. The quantitative estimate of drug-likeness (QED) is 0.909. The van der Waals surface area contributed by atoms with Crippen LogP contribution in [0.15, 0.2) is 12.3 Å². The summed E-state index contributed by atoms with van der Waals surface area (Å²) in [5, 5.41) is 8.20. The van der Waals surface area contributed by atoms with E-state index in [1.165, 1.54) is 5.56 Å². The topological polar surface area (TPSA) is 54.7 Å². The van der Waals surface area contributed by atoms with E-state index >= 15 is 0 Å². The lowest BCUT2D eigenvalue weighted by molar-refractivity contribution is -0.0184. The van der Waals surface area contributed by atoms with Crippen LogP contribution in [-0.2, 0) is 4.74 Å². The molecule has 0 radical (unpaired) electrons. The van der Waals surface area contributed by atoms with Crippen molar-refractivity contribution in [2.45, 2.75) is 52.7 Å². The Balaban J connectivity index is 1.66. The third-order valence-corrected chi connectivity index (χ3v) is 5.06. The van der Waals surface area contributed by atoms with Crippen molar-refractivity contribution in [3.8, 4) is 0 Å². The molecule has 132 valence electrons. The molecule has 3 heterocycles. The van der Waals surface area contributed by atoms with Gasteiger partial charge in [-0.2, -0.15) is 5.10 Å². The van der Waals surface area contributed by atoms with Gasteiger partial charge in [-0.05, 0) is 34.6 Å². The number of aryl methyl sites for hydroxylation is 2. The first-order chi connectivity index (χ1) is 11.5. The van der Waals surface area contributed by atoms with Gasteiger partial charge in [0.25, 0.3) is 0 Å². The zero-order chi connectivity index (χ0) is 17.3. The molecular weight excluding hydrogens is 302 g/mol. The smallest absolute Gasteiger partial charge is 0.155 e. The Morgan fingerprint density at radius 3 is 2.92 bits per heavy atom. The number of aromatic nitrogens is 3. The summed E-state index contributed by atoms with van der Waals surface area (Å²) >= 11 is 0. The molecule has 24 heavy (non-hydrogen) atoms. The van der Waals surface area contributed by atoms with Gasteiger partial charge >= 0.3 is 0 Å². The maximum atomic E-state index is 5.54. The minimum absolute atomic E-state index is 0.241. The van der Waals surface area contributed by atoms with Crippen molar-refractivity contribution in [3.63, 3.8) is 0 Å². The Labute approximate surface area is 144 Å². The zero-order valence-corrected chi connectivity index (χ0v) is 15.4. The van der Waals surface area contributed by atoms with E-state index < -0.39 is 0 Å². The van der Waals surface area contributed by atoms with Crippen LogP contribution in [0, 0.1) is 13.8 Å². The molecule has 3 atom stereocenters. The number of nitrogens with one attached hydrogen (secondary N) is 1. The van der Waals surface area contributed by atoms with Crippen LogP contribution in [0.2, 0.25) is 0 Å². The zero-order valence-electron chi connectivity index (χ0n) is 15.4. The van der Waals surface area contributed by atoms with Crippen molar-refractivity contribution >= 4 is 5.65 Å². The SMILES string of the molecule is Cc1cc2ncc(C(C)NCC(C)N3CCOCC3C)c(C)n2n1. The molecule has 1 saturated heterocycles. The summed E-state index contributed by atoms with van der Waals surface area (Å²) < 4.78 is 7.48. The average Bonchev–Trinajstić information content (AvgIpc) is 2.94. The molecule has 6 nitrogen and oxygen atoms in total. The second-order valence-corrected chi connectivity index (χ2v) is 7.00. The molecule has 0 amide bonds. The largest absolute Gasteiger partial charge is 0.379 e. The molecule has 1 aliphatic rings. The summed E-state index contributed by atoms with van der Waals surface area (Å²) in [5.41, 5.74) is 4.27. The molecule has 6 heteroatoms. The lowest BCUT2D eigenvalue weighted by atomic mass is 10.1. The van der Waals surface area contributed by atoms with Gasteiger partial charge < -0.3 is 10.1 Å². The maximum Gasteiger partial charge on any atom is 0.155 e. The molecule has 0 saturated carbocycles. The molecule has 1 aliphatic heterocycles. The number of nitrogens with zero attached hydrogens (tertiary/aromatic N) is 4. The van der Waals surface area contributed by atoms with E-state index in [0.29, 0.717) is 12.1 Å². The monoisotopic (exact) mass is 331 g/mol. The summed E-state index contributed by atoms with van der Waals surface area (Å²) in [6.45, 7) is 14.5. The van der Waals surface area contributed by atoms with E-state index in [4.69, 9.17) is 4.74 Å². The standard InChI is InChI=1S/C18H29N5O/c1-12-8-18-20-10-17(16(5)23(18)21-12)15(4)19-9-13(2)22-6-7-24-11-14(22)3/h8,10,13-15,19H,6-7,9,11H2,1-5H3. The van der Waals surface area contributed by atoms with E-state index in [1.54, 1.807) is 0 Å². The fourth-order valence-corrected chi connectivity index (χ4v) is 3.57. The number of ether oxygens (including phenoxy) is 1. The van der Waals surface area contributed by atoms with Crippen LogP contribution < -0.4 is 5.32 Å². The first-order valence-electron chi connectivity index (χ1n) is 8.86. The van der Waals surface area contributed by atoms with Crippen molar-refractivity contribution < 1.29 is 4.74 Å². The minimum atomic E-state index is 0.241. The molecule has 1 fully saturated rings. The molecule has 3 unspecified atom stereocenters. The highest BCUT2D eigenvalue weighted by atomic mass is 16.5. The molecule has 2 aromatic rings. The van der Waals surface area contributed by atoms with Crippen molar-refractivity contribution in [3.05, 3.63) is 29.2 Å². The van der Waals surface area contributed by atoms with Crippen molar-refractivity contribution in [1.82, 2.24) is 24.8 Å². The van der Waals surface area contributed by atoms with Gasteiger partial charge in [-0.15, -0.1) is 0 Å². The number of morpholine rings is 1. The fraction of sp³-hybridized carbons (Fsp3) is 0.667. The third-order valence-electron chi connectivity index (χ3n) is 5.06. The Bertz CT molecular complexity index is 698. The Morgan fingerprint density at radius 2 is 2.17 bits per heavy atom. The molecule has 0 spiro atoms. The molecular formula is C18H29N5O. The second kappa shape index (κ2) is 7.17. The Morgan fingerprint density at radius 1 is 1.38 bits per heavy atom. The van der Waals surface area contributed by atoms with E-state index in [-0.39, 0.29) is 6.04 Å². The first kappa shape index (κ1) is 17.3. The van der Waals surface area contributed by atoms with Crippen LogP contribution in [0.3, 0.4) is 0 Å². The number of hydrogen-bond donors (Lipinski definition) is 1. The summed E-state index contributed by atoms with van der Waals surface area (Å²) in [7, 11) is 0. The fourth-order valence-electron chi connectivity index (χ4n) is 3.57. The Hall–Kier alpha value is -1.50. The van der Waals surface area contributed by atoms with Crippen molar-refractivity contribution in [1.29, 1.82) is 0 Å². The Kier molecular flexibility index (Phi) is 5.18. The van der Waals surface area contributed by atoms with Crippen LogP contribution in [0.4, 0.5) is 0 Å². The summed E-state index contributed by atoms with van der Waals surface area (Å²) in [6, 6.07) is 3.22. The summed E-state index contributed by atoms with van der Waals surface area (Å²) in [6.07, 6.45) is 1.98. The van der Waals surface area contributed by atoms with Crippen molar-refractivity contribution in [2.24, 2.45) is 0 Å². The van der Waals surface area contributed by atoms with Crippen LogP contribution in [0.1, 0.15) is 43.8 Å². The van der Waals surface area contributed by atoms with Crippen LogP contribution in [0.5, 0.6) is 0 Å². The van der Waals surface area contributed by atoms with E-state index in [0.717, 1.165) is 43.3 Å². The predicted molar refractivity (Wildman–Crippen MR) is 95.3 cm³/mol. The normalized spacial score (nSPS) is 22.0. The van der Waals surface area contributed by atoms with Crippen molar-refractivity contribution in [2.75, 3.05) is 26.3 Å². The molecule has 0 aromatic carbocycles. The third kappa shape index (κ3) is 3.45. The van der Waals surface area contributed by atoms with Crippen LogP contribution in [-0.4, -0.2) is 57.9 Å². The average molecular weight is 331 g/mol. The lowest BCUT2D eigenvalue weighted by Gasteiger charge is -2.38. The second-order valence-electron chi connectivity index (χ2n) is 7.00. The van der Waals surface area contributed by atoms with Gasteiger partial charge in [-0.25, -0.2) is 9.50 Å². The van der Waals surface area contributed by atoms with Crippen LogP contribution in [0.25, 0.3) is 5.65 Å². The number of fused-ring (bicyclic) bond motifs is 1. The minimum Gasteiger partial charge on any atom is -0.379 e. The van der Waals surface area contributed by atoms with Gasteiger partial charge in [0.15, 0.2) is 5.65 Å². The van der Waals surface area contributed by atoms with Gasteiger partial charge in [0.1, 0.15) is 0 Å². The highest BCUT2D eigenvalue weighted by molar-refractivity contribution is 5.42. The molecule has 3 rings (SSSR count). The molecule has 0 bridgehead atoms. The predicted octanol–water partition coefficient (Wildman–Crippen LogP) is 2.11. The summed E-state index contributed by atoms with van der Waals surface area (Å²) in [4.78, 5) is 7.07. The molecule has 2 aromatic heterocycles. The van der Waals surface area contributed by atoms with Gasteiger partial charge in [-0.1, -0.05) is 0 Å². The van der Waals surface area contributed by atoms with Crippen LogP contribution >= 0.6 is 0 Å². The maximum absolute atomic E-state index is 5.54. The number of hydrogen-bond acceptors (Lipinski definition) is 5. The van der Waals surface area contributed by atoms with Gasteiger partial charge in [0.05, 0.1) is 18.9 Å². The van der Waals surface area contributed by atoms with Gasteiger partial charge in [0.2, 0.25) is 0 Å². The highest BCUT2D eigenvalue weighted by Gasteiger charge is 2.24. The van der Waals surface area contributed by atoms with E-state index in [9.17, 15) is 0 Å². The van der Waals surface area contributed by atoms with Gasteiger partial charge in [0, 0.05) is 54.7 Å². The number of rotatable bonds is 5. The molecule has 1 N–H and O–H groups in total. The van der Waals surface area contributed by atoms with E-state index in [1.807, 2.05) is 23.7 Å².